The van der Waals surface area contributed by atoms with E-state index < -0.39 is 29.2 Å². The quantitative estimate of drug-likeness (QED) is 0.376. The topological polar surface area (TPSA) is 43.4 Å². The molecular weight excluding hydrogens is 281 g/mol. The third-order valence-corrected chi connectivity index (χ3v) is 3.14. The minimum absolute atomic E-state index is 0.0474. The summed E-state index contributed by atoms with van der Waals surface area (Å²) in [6.07, 6.45) is 0.541. The first kappa shape index (κ1) is 13.3. The van der Waals surface area contributed by atoms with E-state index >= 15 is 0 Å². The molecule has 7 heteroatoms. The van der Waals surface area contributed by atoms with E-state index in [0.717, 1.165) is 17.4 Å². The summed E-state index contributed by atoms with van der Waals surface area (Å²) in [5, 5.41) is 0. The number of benzene rings is 1. The van der Waals surface area contributed by atoms with E-state index in [4.69, 9.17) is 0 Å². The highest BCUT2D eigenvalue weighted by atomic mass is 32.1. The second-order valence-corrected chi connectivity index (χ2v) is 4.50. The fourth-order valence-corrected chi connectivity index (χ4v) is 1.96. The zero-order valence-electron chi connectivity index (χ0n) is 9.15. The van der Waals surface area contributed by atoms with Gasteiger partial charge < -0.3 is 4.74 Å². The molecule has 0 spiro atoms. The molecular formula is C12H5F3O3S. The van der Waals surface area contributed by atoms with E-state index in [-0.39, 0.29) is 9.75 Å². The molecule has 0 aliphatic rings. The number of thiophene rings is 1. The Kier molecular flexibility index (Phi) is 3.66. The number of aldehydes is 1. The molecule has 3 nitrogen and oxygen atoms in total. The van der Waals surface area contributed by atoms with Crippen LogP contribution < -0.4 is 4.74 Å². The van der Waals surface area contributed by atoms with Gasteiger partial charge in [-0.05, 0) is 24.3 Å². The Hall–Kier alpha value is -2.15. The highest BCUT2D eigenvalue weighted by Gasteiger charge is 2.18. The summed E-state index contributed by atoms with van der Waals surface area (Å²) < 4.78 is 43.5. The zero-order chi connectivity index (χ0) is 14.0. The van der Waals surface area contributed by atoms with Gasteiger partial charge in [0.15, 0.2) is 23.7 Å². The Bertz CT molecular complexity index is 652. The molecule has 0 saturated heterocycles. The molecule has 98 valence electrons. The normalized spacial score (nSPS) is 10.3. The van der Waals surface area contributed by atoms with E-state index in [1.165, 1.54) is 12.1 Å². The number of ether oxygens (including phenoxy) is 1. The third-order valence-electron chi connectivity index (χ3n) is 2.15. The lowest BCUT2D eigenvalue weighted by atomic mass is 10.3. The molecule has 0 radical (unpaired) electrons. The molecule has 1 aromatic heterocycles. The molecule has 0 fully saturated rings. The van der Waals surface area contributed by atoms with Gasteiger partial charge in [-0.2, -0.15) is 4.39 Å². The minimum Gasteiger partial charge on any atom is -0.419 e. The standard InChI is InChI=1S/C12H5F3O3S/c13-7-2-3-8(11(15)10(7)14)18-12(17)9-4-1-6(5-16)19-9/h1-5H. The molecule has 0 amide bonds. The monoisotopic (exact) mass is 286 g/mol. The number of hydrogen-bond acceptors (Lipinski definition) is 4. The molecule has 1 heterocycles. The van der Waals surface area contributed by atoms with Crippen LogP contribution in [0.4, 0.5) is 13.2 Å². The van der Waals surface area contributed by atoms with Crippen molar-refractivity contribution in [3.63, 3.8) is 0 Å². The van der Waals surface area contributed by atoms with Crippen LogP contribution in [0.5, 0.6) is 5.75 Å². The molecule has 2 aromatic rings. The third kappa shape index (κ3) is 2.65. The second kappa shape index (κ2) is 5.23. The number of esters is 1. The Morgan fingerprint density at radius 3 is 2.47 bits per heavy atom. The molecule has 0 aliphatic carbocycles. The van der Waals surface area contributed by atoms with Gasteiger partial charge in [0.05, 0.1) is 4.88 Å². The predicted octanol–water partition coefficient (Wildman–Crippen LogP) is 3.20. The first-order valence-electron chi connectivity index (χ1n) is 4.93. The van der Waals surface area contributed by atoms with Crippen LogP contribution in [0.2, 0.25) is 0 Å². The maximum atomic E-state index is 13.3. The van der Waals surface area contributed by atoms with Gasteiger partial charge in [0.1, 0.15) is 4.88 Å². The Labute approximate surface area is 109 Å². The molecule has 2 rings (SSSR count). The average molecular weight is 286 g/mol. The maximum absolute atomic E-state index is 13.3. The van der Waals surface area contributed by atoms with Crippen molar-refractivity contribution in [3.8, 4) is 5.75 Å². The van der Waals surface area contributed by atoms with Crippen LogP contribution in [0.15, 0.2) is 24.3 Å². The lowest BCUT2D eigenvalue weighted by Gasteiger charge is -2.04. The Morgan fingerprint density at radius 1 is 1.11 bits per heavy atom. The lowest BCUT2D eigenvalue weighted by Crippen LogP contribution is -2.08. The van der Waals surface area contributed by atoms with Crippen molar-refractivity contribution < 1.29 is 27.5 Å². The van der Waals surface area contributed by atoms with Gasteiger partial charge in [-0.1, -0.05) is 0 Å². The summed E-state index contributed by atoms with van der Waals surface area (Å²) in [6.45, 7) is 0. The fourth-order valence-electron chi connectivity index (χ4n) is 1.26. The van der Waals surface area contributed by atoms with Gasteiger partial charge in [0.2, 0.25) is 5.82 Å². The molecule has 19 heavy (non-hydrogen) atoms. The summed E-state index contributed by atoms with van der Waals surface area (Å²) in [6, 6.07) is 4.15. The zero-order valence-corrected chi connectivity index (χ0v) is 9.97. The van der Waals surface area contributed by atoms with Crippen LogP contribution >= 0.6 is 11.3 Å². The van der Waals surface area contributed by atoms with E-state index in [2.05, 4.69) is 4.74 Å². The second-order valence-electron chi connectivity index (χ2n) is 3.38. The molecule has 0 N–H and O–H groups in total. The van der Waals surface area contributed by atoms with Crippen LogP contribution in [0.3, 0.4) is 0 Å². The van der Waals surface area contributed by atoms with Crippen molar-refractivity contribution in [2.24, 2.45) is 0 Å². The van der Waals surface area contributed by atoms with Gasteiger partial charge >= 0.3 is 5.97 Å². The lowest BCUT2D eigenvalue weighted by molar-refractivity contribution is 0.0731. The number of hydrogen-bond donors (Lipinski definition) is 0. The van der Waals surface area contributed by atoms with Crippen molar-refractivity contribution in [1.82, 2.24) is 0 Å². The largest absolute Gasteiger partial charge is 0.419 e. The van der Waals surface area contributed by atoms with Crippen molar-refractivity contribution in [2.45, 2.75) is 0 Å². The Morgan fingerprint density at radius 2 is 1.84 bits per heavy atom. The summed E-state index contributed by atoms with van der Waals surface area (Å²) >= 11 is 0.841. The molecule has 0 saturated carbocycles. The van der Waals surface area contributed by atoms with Gasteiger partial charge in [0, 0.05) is 0 Å². The Balaban J connectivity index is 2.24. The maximum Gasteiger partial charge on any atom is 0.353 e. The van der Waals surface area contributed by atoms with Gasteiger partial charge in [0.25, 0.3) is 0 Å². The van der Waals surface area contributed by atoms with Crippen LogP contribution in [-0.2, 0) is 0 Å². The smallest absolute Gasteiger partial charge is 0.353 e. The molecule has 0 bridgehead atoms. The van der Waals surface area contributed by atoms with Crippen molar-refractivity contribution in [3.05, 3.63) is 51.5 Å². The summed E-state index contributed by atoms with van der Waals surface area (Å²) in [4.78, 5) is 22.4. The van der Waals surface area contributed by atoms with E-state index in [1.807, 2.05) is 0 Å². The molecule has 0 atom stereocenters. The van der Waals surface area contributed by atoms with E-state index in [0.29, 0.717) is 12.4 Å². The molecule has 0 unspecified atom stereocenters. The minimum atomic E-state index is -1.72. The van der Waals surface area contributed by atoms with Crippen molar-refractivity contribution in [2.75, 3.05) is 0 Å². The fraction of sp³-hybridized carbons (Fsp3) is 0. The predicted molar refractivity (Wildman–Crippen MR) is 61.0 cm³/mol. The number of carbonyl (C=O) groups is 2. The average Bonchev–Trinajstić information content (AvgIpc) is 2.88. The highest BCUT2D eigenvalue weighted by molar-refractivity contribution is 7.15. The first-order chi connectivity index (χ1) is 9.02. The first-order valence-corrected chi connectivity index (χ1v) is 5.75. The highest BCUT2D eigenvalue weighted by Crippen LogP contribution is 2.24. The van der Waals surface area contributed by atoms with Gasteiger partial charge in [-0.15, -0.1) is 11.3 Å². The number of carbonyl (C=O) groups excluding carboxylic acids is 2. The summed E-state index contributed by atoms with van der Waals surface area (Å²) in [5.41, 5.74) is 0. The van der Waals surface area contributed by atoms with Crippen LogP contribution in [0, 0.1) is 17.5 Å². The van der Waals surface area contributed by atoms with Crippen LogP contribution in [-0.4, -0.2) is 12.3 Å². The van der Waals surface area contributed by atoms with E-state index in [9.17, 15) is 22.8 Å². The number of halogens is 3. The van der Waals surface area contributed by atoms with Crippen molar-refractivity contribution >= 4 is 23.6 Å². The number of rotatable bonds is 3. The van der Waals surface area contributed by atoms with E-state index in [1.54, 1.807) is 0 Å². The van der Waals surface area contributed by atoms with Crippen LogP contribution in [0.1, 0.15) is 19.3 Å². The summed E-state index contributed by atoms with van der Waals surface area (Å²) in [7, 11) is 0. The van der Waals surface area contributed by atoms with Crippen LogP contribution in [0.25, 0.3) is 0 Å². The molecule has 0 aliphatic heterocycles. The van der Waals surface area contributed by atoms with Gasteiger partial charge in [-0.25, -0.2) is 13.6 Å². The molecule has 1 aromatic carbocycles. The SMILES string of the molecule is O=Cc1ccc(C(=O)Oc2ccc(F)c(F)c2F)s1. The van der Waals surface area contributed by atoms with Crippen molar-refractivity contribution in [1.29, 1.82) is 0 Å². The summed E-state index contributed by atoms with van der Waals surface area (Å²) in [5.74, 6) is -6.35. The van der Waals surface area contributed by atoms with Gasteiger partial charge in [-0.3, -0.25) is 4.79 Å².